The van der Waals surface area contributed by atoms with Gasteiger partial charge in [-0.15, -0.1) is 0 Å². The first-order valence-corrected chi connectivity index (χ1v) is 9.97. The number of nitrogens with one attached hydrogen (secondary N) is 1. The molecule has 2 aromatic rings. The number of benzene rings is 2. The van der Waals surface area contributed by atoms with Crippen LogP contribution in [0.1, 0.15) is 22.8 Å². The maximum absolute atomic E-state index is 12.4. The van der Waals surface area contributed by atoms with Gasteiger partial charge in [-0.2, -0.15) is 0 Å². The summed E-state index contributed by atoms with van der Waals surface area (Å²) in [5.41, 5.74) is 0.949. The van der Waals surface area contributed by atoms with Crippen LogP contribution < -0.4 is 9.62 Å². The van der Waals surface area contributed by atoms with Crippen LogP contribution in [0.2, 0.25) is 0 Å². The predicted molar refractivity (Wildman–Crippen MR) is 105 cm³/mol. The van der Waals surface area contributed by atoms with Gasteiger partial charge in [0, 0.05) is 23.4 Å². The van der Waals surface area contributed by atoms with Crippen LogP contribution in [-0.4, -0.2) is 37.8 Å². The van der Waals surface area contributed by atoms with Crippen molar-refractivity contribution >= 4 is 38.8 Å². The van der Waals surface area contributed by atoms with E-state index in [-0.39, 0.29) is 17.2 Å². The number of nitrogens with zero attached hydrogens (tertiary/aromatic N) is 2. The van der Waals surface area contributed by atoms with Crippen LogP contribution in [-0.2, 0) is 14.8 Å². The Kier molecular flexibility index (Phi) is 6.14. The molecule has 10 heteroatoms. The van der Waals surface area contributed by atoms with Gasteiger partial charge in [0.25, 0.3) is 5.69 Å². The summed E-state index contributed by atoms with van der Waals surface area (Å²) in [6.07, 6.45) is 0.912. The fraction of sp³-hybridized carbons (Fsp3) is 0.222. The quantitative estimate of drug-likeness (QED) is 0.428. The van der Waals surface area contributed by atoms with Crippen molar-refractivity contribution in [1.29, 1.82) is 0 Å². The molecule has 0 aliphatic heterocycles. The topological polar surface area (TPSA) is 127 Å². The molecule has 0 aliphatic rings. The molecule has 148 valence electrons. The zero-order valence-corrected chi connectivity index (χ0v) is 16.3. The maximum atomic E-state index is 12.4. The molecule has 0 unspecified atom stereocenters. The second-order valence-electron chi connectivity index (χ2n) is 6.18. The van der Waals surface area contributed by atoms with Crippen molar-refractivity contribution in [3.8, 4) is 0 Å². The van der Waals surface area contributed by atoms with E-state index in [0.29, 0.717) is 16.8 Å². The molecule has 2 rings (SSSR count). The number of non-ortho nitro benzene ring substituents is 1. The zero-order chi connectivity index (χ0) is 21.1. The Hall–Kier alpha value is -3.27. The van der Waals surface area contributed by atoms with Crippen molar-refractivity contribution in [3.63, 3.8) is 0 Å². The Morgan fingerprint density at radius 3 is 2.43 bits per heavy atom. The number of carbonyl (C=O) groups is 2. The molecule has 0 saturated carbocycles. The van der Waals surface area contributed by atoms with E-state index in [0.717, 1.165) is 16.6 Å². The molecule has 1 amide bonds. The molecular weight excluding hydrogens is 386 g/mol. The Labute approximate surface area is 162 Å². The number of hydrogen-bond donors (Lipinski definition) is 1. The fourth-order valence-electron chi connectivity index (χ4n) is 2.51. The van der Waals surface area contributed by atoms with Gasteiger partial charge in [-0.05, 0) is 31.5 Å². The van der Waals surface area contributed by atoms with Crippen LogP contribution in [0.15, 0.2) is 42.5 Å². The minimum atomic E-state index is -3.90. The zero-order valence-electron chi connectivity index (χ0n) is 15.5. The third kappa shape index (κ3) is 5.13. The third-order valence-electron chi connectivity index (χ3n) is 3.91. The van der Waals surface area contributed by atoms with E-state index in [4.69, 9.17) is 0 Å². The van der Waals surface area contributed by atoms with Gasteiger partial charge in [0.1, 0.15) is 6.54 Å². The van der Waals surface area contributed by atoms with Crippen LogP contribution >= 0.6 is 0 Å². The number of carbonyl (C=O) groups excluding carboxylic acids is 2. The van der Waals surface area contributed by atoms with Crippen LogP contribution in [0.3, 0.4) is 0 Å². The number of aryl methyl sites for hydroxylation is 1. The summed E-state index contributed by atoms with van der Waals surface area (Å²) in [7, 11) is -3.90. The Morgan fingerprint density at radius 2 is 1.86 bits per heavy atom. The average molecular weight is 405 g/mol. The van der Waals surface area contributed by atoms with Crippen molar-refractivity contribution in [2.45, 2.75) is 13.8 Å². The number of anilines is 2. The number of ketones is 1. The van der Waals surface area contributed by atoms with Gasteiger partial charge in [0.2, 0.25) is 15.9 Å². The number of Topliss-reactive ketones (excluding diaryl/α,β-unsaturated/α-hetero) is 1. The fourth-order valence-corrected chi connectivity index (χ4v) is 3.41. The van der Waals surface area contributed by atoms with Gasteiger partial charge in [-0.3, -0.25) is 24.0 Å². The largest absolute Gasteiger partial charge is 0.324 e. The summed E-state index contributed by atoms with van der Waals surface area (Å²) in [6, 6.07) is 10.0. The molecule has 0 aliphatic carbocycles. The van der Waals surface area contributed by atoms with Crippen molar-refractivity contribution in [1.82, 2.24) is 0 Å². The van der Waals surface area contributed by atoms with E-state index in [1.807, 2.05) is 0 Å². The summed E-state index contributed by atoms with van der Waals surface area (Å²) in [4.78, 5) is 34.2. The SMILES string of the molecule is CC(=O)c1cccc(NC(=O)CN(c2cc([N+](=O)[O-])ccc2C)S(C)(=O)=O)c1. The van der Waals surface area contributed by atoms with Crippen LogP contribution in [0.25, 0.3) is 0 Å². The Bertz CT molecular complexity index is 1050. The third-order valence-corrected chi connectivity index (χ3v) is 5.04. The molecule has 0 fully saturated rings. The van der Waals surface area contributed by atoms with Crippen molar-refractivity contribution in [3.05, 3.63) is 63.7 Å². The Morgan fingerprint density at radius 1 is 1.18 bits per heavy atom. The number of amides is 1. The minimum Gasteiger partial charge on any atom is -0.324 e. The number of hydrogen-bond acceptors (Lipinski definition) is 6. The maximum Gasteiger partial charge on any atom is 0.271 e. The molecule has 2 aromatic carbocycles. The van der Waals surface area contributed by atoms with E-state index >= 15 is 0 Å². The summed E-state index contributed by atoms with van der Waals surface area (Å²) < 4.78 is 25.3. The molecule has 1 N–H and O–H groups in total. The smallest absolute Gasteiger partial charge is 0.271 e. The van der Waals surface area contributed by atoms with Crippen LogP contribution in [0, 0.1) is 17.0 Å². The van der Waals surface area contributed by atoms with E-state index in [1.165, 1.54) is 25.1 Å². The number of rotatable bonds is 7. The van der Waals surface area contributed by atoms with E-state index in [2.05, 4.69) is 5.32 Å². The van der Waals surface area contributed by atoms with Gasteiger partial charge in [0.05, 0.1) is 16.9 Å². The highest BCUT2D eigenvalue weighted by atomic mass is 32.2. The van der Waals surface area contributed by atoms with Crippen LogP contribution in [0.4, 0.5) is 17.1 Å². The second-order valence-corrected chi connectivity index (χ2v) is 8.09. The van der Waals surface area contributed by atoms with Crippen molar-refractivity contribution in [2.24, 2.45) is 0 Å². The Balaban J connectivity index is 2.32. The molecule has 0 heterocycles. The standard InChI is InChI=1S/C18H19N3O6S/c1-12-7-8-16(21(24)25)10-17(12)20(28(3,26)27)11-18(23)19-15-6-4-5-14(9-15)13(2)22/h4-10H,11H2,1-3H3,(H,19,23). The van der Waals surface area contributed by atoms with Crippen molar-refractivity contribution < 1.29 is 22.9 Å². The van der Waals surface area contributed by atoms with E-state index < -0.39 is 27.4 Å². The first kappa shape index (κ1) is 21.0. The summed E-state index contributed by atoms with van der Waals surface area (Å²) >= 11 is 0. The summed E-state index contributed by atoms with van der Waals surface area (Å²) in [6.45, 7) is 2.40. The molecule has 0 radical (unpaired) electrons. The first-order chi connectivity index (χ1) is 13.0. The molecule has 9 nitrogen and oxygen atoms in total. The monoisotopic (exact) mass is 405 g/mol. The van der Waals surface area contributed by atoms with Gasteiger partial charge >= 0.3 is 0 Å². The number of nitro groups is 1. The highest BCUT2D eigenvalue weighted by molar-refractivity contribution is 7.92. The van der Waals surface area contributed by atoms with Gasteiger partial charge in [-0.1, -0.05) is 18.2 Å². The van der Waals surface area contributed by atoms with Gasteiger partial charge in [0.15, 0.2) is 5.78 Å². The first-order valence-electron chi connectivity index (χ1n) is 8.12. The van der Waals surface area contributed by atoms with E-state index in [9.17, 15) is 28.1 Å². The highest BCUT2D eigenvalue weighted by Crippen LogP contribution is 2.27. The predicted octanol–water partition coefficient (Wildman–Crippen LogP) is 2.51. The van der Waals surface area contributed by atoms with Crippen LogP contribution in [0.5, 0.6) is 0 Å². The molecule has 0 saturated heterocycles. The van der Waals surface area contributed by atoms with E-state index in [1.54, 1.807) is 25.1 Å². The second kappa shape index (κ2) is 8.17. The molecular formula is C18H19N3O6S. The van der Waals surface area contributed by atoms with Gasteiger partial charge < -0.3 is 5.32 Å². The highest BCUT2D eigenvalue weighted by Gasteiger charge is 2.24. The minimum absolute atomic E-state index is 0.0457. The molecule has 28 heavy (non-hydrogen) atoms. The molecule has 0 aromatic heterocycles. The average Bonchev–Trinajstić information content (AvgIpc) is 2.59. The number of nitro benzene ring substituents is 1. The summed E-state index contributed by atoms with van der Waals surface area (Å²) in [5.74, 6) is -0.835. The van der Waals surface area contributed by atoms with Crippen molar-refractivity contribution in [2.75, 3.05) is 22.4 Å². The lowest BCUT2D eigenvalue weighted by Gasteiger charge is -2.23. The normalized spacial score (nSPS) is 11.0. The lowest BCUT2D eigenvalue weighted by molar-refractivity contribution is -0.384. The summed E-state index contributed by atoms with van der Waals surface area (Å²) in [5, 5.41) is 13.6. The molecule has 0 atom stereocenters. The van der Waals surface area contributed by atoms with Gasteiger partial charge in [-0.25, -0.2) is 8.42 Å². The molecule has 0 bridgehead atoms. The molecule has 0 spiro atoms. The number of sulfonamides is 1. The lowest BCUT2D eigenvalue weighted by atomic mass is 10.1. The lowest BCUT2D eigenvalue weighted by Crippen LogP contribution is -2.37.